The van der Waals surface area contributed by atoms with Gasteiger partial charge in [-0.3, -0.25) is 4.79 Å². The van der Waals surface area contributed by atoms with Gasteiger partial charge in [-0.2, -0.15) is 0 Å². The van der Waals surface area contributed by atoms with E-state index in [2.05, 4.69) is 15.2 Å². The first-order valence-electron chi connectivity index (χ1n) is 6.59. The van der Waals surface area contributed by atoms with Crippen molar-refractivity contribution in [3.63, 3.8) is 0 Å². The molecule has 1 aromatic carbocycles. The molecule has 20 heavy (non-hydrogen) atoms. The van der Waals surface area contributed by atoms with Crippen LogP contribution in [0.4, 0.5) is 5.69 Å². The van der Waals surface area contributed by atoms with Crippen molar-refractivity contribution in [1.29, 1.82) is 0 Å². The van der Waals surface area contributed by atoms with Gasteiger partial charge in [-0.25, -0.2) is 0 Å². The first-order chi connectivity index (χ1) is 9.74. The number of hydrogen-bond donors (Lipinski definition) is 3. The molecule has 0 aliphatic heterocycles. The number of carbonyl (C=O) groups excluding carboxylic acids is 1. The predicted molar refractivity (Wildman–Crippen MR) is 81.3 cm³/mol. The van der Waals surface area contributed by atoms with Crippen LogP contribution >= 0.6 is 0 Å². The van der Waals surface area contributed by atoms with Gasteiger partial charge in [0.25, 0.3) is 0 Å². The van der Waals surface area contributed by atoms with Crippen LogP contribution in [0.25, 0.3) is 11.1 Å². The smallest absolute Gasteiger partial charge is 0.211 e. The highest BCUT2D eigenvalue weighted by atomic mass is 16.1. The predicted octanol–water partition coefficient (Wildman–Crippen LogP) is 1.64. The Hall–Kier alpha value is -2.11. The van der Waals surface area contributed by atoms with E-state index in [9.17, 15) is 4.79 Å². The summed E-state index contributed by atoms with van der Waals surface area (Å²) >= 11 is 0. The third kappa shape index (κ3) is 3.46. The fraction of sp³-hybridized carbons (Fsp3) is 0.267. The first-order valence-corrected chi connectivity index (χ1v) is 6.59. The van der Waals surface area contributed by atoms with E-state index in [0.717, 1.165) is 29.9 Å². The van der Waals surface area contributed by atoms with Gasteiger partial charge in [0.2, 0.25) is 6.41 Å². The molecule has 0 unspecified atom stereocenters. The number of anilines is 1. The Balaban J connectivity index is 2.22. The second kappa shape index (κ2) is 6.88. The highest BCUT2D eigenvalue weighted by Crippen LogP contribution is 2.26. The number of amides is 1. The molecule has 2 rings (SSSR count). The number of H-pyrrole nitrogens is 1. The molecule has 0 spiro atoms. The number of aromatic nitrogens is 1. The zero-order valence-corrected chi connectivity index (χ0v) is 11.6. The average Bonchev–Trinajstić information content (AvgIpc) is 2.88. The van der Waals surface area contributed by atoms with E-state index in [1.165, 1.54) is 5.56 Å². The average molecular weight is 272 g/mol. The van der Waals surface area contributed by atoms with E-state index in [0.29, 0.717) is 13.0 Å². The molecule has 1 heterocycles. The number of nitrogens with two attached hydrogens (primary N) is 1. The van der Waals surface area contributed by atoms with Gasteiger partial charge in [0, 0.05) is 43.3 Å². The molecule has 0 radical (unpaired) electrons. The first kappa shape index (κ1) is 14.3. The van der Waals surface area contributed by atoms with Crippen LogP contribution in [0, 0.1) is 0 Å². The van der Waals surface area contributed by atoms with E-state index in [4.69, 9.17) is 5.73 Å². The Morgan fingerprint density at radius 2 is 2.25 bits per heavy atom. The van der Waals surface area contributed by atoms with E-state index >= 15 is 0 Å². The third-order valence-electron chi connectivity index (χ3n) is 3.18. The Labute approximate surface area is 118 Å². The molecule has 0 aliphatic carbocycles. The third-order valence-corrected chi connectivity index (χ3v) is 3.18. The molecule has 0 aliphatic rings. The quantitative estimate of drug-likeness (QED) is 0.671. The maximum atomic E-state index is 10.5. The Bertz CT molecular complexity index is 565. The number of hydrogen-bond acceptors (Lipinski definition) is 3. The summed E-state index contributed by atoms with van der Waals surface area (Å²) in [4.78, 5) is 15.8. The summed E-state index contributed by atoms with van der Waals surface area (Å²) in [5.74, 6) is 0. The summed E-state index contributed by atoms with van der Waals surface area (Å²) in [6.45, 7) is 2.34. The van der Waals surface area contributed by atoms with Crippen molar-refractivity contribution >= 4 is 12.1 Å². The van der Waals surface area contributed by atoms with Gasteiger partial charge < -0.3 is 20.9 Å². The van der Waals surface area contributed by atoms with Crippen LogP contribution in [0.1, 0.15) is 5.56 Å². The maximum Gasteiger partial charge on any atom is 0.211 e. The van der Waals surface area contributed by atoms with Crippen molar-refractivity contribution in [2.75, 3.05) is 25.5 Å². The highest BCUT2D eigenvalue weighted by molar-refractivity contribution is 5.76. The molecule has 0 saturated heterocycles. The van der Waals surface area contributed by atoms with Gasteiger partial charge in [-0.15, -0.1) is 0 Å². The molecule has 5 heteroatoms. The van der Waals surface area contributed by atoms with Crippen molar-refractivity contribution in [2.24, 2.45) is 5.73 Å². The minimum absolute atomic E-state index is 0.648. The Kier molecular flexibility index (Phi) is 4.92. The Morgan fingerprint density at radius 1 is 1.40 bits per heavy atom. The largest absolute Gasteiger partial charge is 0.367 e. The second-order valence-electron chi connectivity index (χ2n) is 4.76. The van der Waals surface area contributed by atoms with Crippen LogP contribution in [0.3, 0.4) is 0 Å². The topological polar surface area (TPSA) is 74.2 Å². The van der Waals surface area contributed by atoms with Gasteiger partial charge in [0.15, 0.2) is 0 Å². The lowest BCUT2D eigenvalue weighted by atomic mass is 10.0. The molecular formula is C15H20N4O. The lowest BCUT2D eigenvalue weighted by molar-refractivity contribution is -0.105. The number of rotatable bonds is 7. The van der Waals surface area contributed by atoms with Crippen molar-refractivity contribution in [3.8, 4) is 11.1 Å². The van der Waals surface area contributed by atoms with Gasteiger partial charge in [-0.05, 0) is 30.3 Å². The van der Waals surface area contributed by atoms with Crippen molar-refractivity contribution < 1.29 is 4.79 Å². The standard InChI is InChI=1S/C15H20N4O/c1-19(6-5-16)10-13-8-17-9-15(13)12-3-2-4-14(7-12)18-11-20/h2-4,7-9,11,17H,5-6,10,16H2,1H3,(H,18,20). The summed E-state index contributed by atoms with van der Waals surface area (Å²) in [6.07, 6.45) is 4.67. The van der Waals surface area contributed by atoms with E-state index in [1.807, 2.05) is 43.7 Å². The number of aromatic amines is 1. The molecule has 5 nitrogen and oxygen atoms in total. The molecule has 4 N–H and O–H groups in total. The SMILES string of the molecule is CN(CCN)Cc1c[nH]cc1-c1cccc(NC=O)c1. The molecule has 1 aromatic heterocycles. The molecule has 106 valence electrons. The molecule has 0 fully saturated rings. The van der Waals surface area contributed by atoms with E-state index in [-0.39, 0.29) is 0 Å². The van der Waals surface area contributed by atoms with Gasteiger partial charge in [-0.1, -0.05) is 12.1 Å². The fourth-order valence-corrected chi connectivity index (χ4v) is 2.23. The van der Waals surface area contributed by atoms with Crippen molar-refractivity contribution in [1.82, 2.24) is 9.88 Å². The minimum atomic E-state index is 0.648. The summed E-state index contributed by atoms with van der Waals surface area (Å²) in [5.41, 5.74) is 9.79. The maximum absolute atomic E-state index is 10.5. The fourth-order valence-electron chi connectivity index (χ4n) is 2.23. The number of nitrogens with zero attached hydrogens (tertiary/aromatic N) is 1. The summed E-state index contributed by atoms with van der Waals surface area (Å²) < 4.78 is 0. The summed E-state index contributed by atoms with van der Waals surface area (Å²) in [7, 11) is 2.05. The molecule has 0 bridgehead atoms. The number of likely N-dealkylation sites (N-methyl/N-ethyl adjacent to an activating group) is 1. The molecule has 0 saturated carbocycles. The monoisotopic (exact) mass is 272 g/mol. The van der Waals surface area contributed by atoms with E-state index < -0.39 is 0 Å². The van der Waals surface area contributed by atoms with Gasteiger partial charge in [0.05, 0.1) is 0 Å². The molecular weight excluding hydrogens is 252 g/mol. The summed E-state index contributed by atoms with van der Waals surface area (Å²) in [6, 6.07) is 7.79. The van der Waals surface area contributed by atoms with Gasteiger partial charge in [0.1, 0.15) is 0 Å². The summed E-state index contributed by atoms with van der Waals surface area (Å²) in [5, 5.41) is 2.67. The second-order valence-corrected chi connectivity index (χ2v) is 4.76. The van der Waals surface area contributed by atoms with Crippen LogP contribution in [0.15, 0.2) is 36.7 Å². The zero-order valence-electron chi connectivity index (χ0n) is 11.6. The van der Waals surface area contributed by atoms with Crippen molar-refractivity contribution in [3.05, 3.63) is 42.2 Å². The number of benzene rings is 1. The highest BCUT2D eigenvalue weighted by Gasteiger charge is 2.09. The van der Waals surface area contributed by atoms with Crippen LogP contribution in [-0.4, -0.2) is 36.4 Å². The van der Waals surface area contributed by atoms with Crippen molar-refractivity contribution in [2.45, 2.75) is 6.54 Å². The zero-order chi connectivity index (χ0) is 14.4. The molecule has 2 aromatic rings. The number of carbonyl (C=O) groups is 1. The Morgan fingerprint density at radius 3 is 3.00 bits per heavy atom. The lowest BCUT2D eigenvalue weighted by Crippen LogP contribution is -2.24. The minimum Gasteiger partial charge on any atom is -0.367 e. The van der Waals surface area contributed by atoms with Crippen LogP contribution < -0.4 is 11.1 Å². The lowest BCUT2D eigenvalue weighted by Gasteiger charge is -2.15. The van der Waals surface area contributed by atoms with Gasteiger partial charge >= 0.3 is 0 Å². The number of nitrogens with one attached hydrogen (secondary N) is 2. The molecule has 1 amide bonds. The van der Waals surface area contributed by atoms with Crippen LogP contribution in [0.2, 0.25) is 0 Å². The van der Waals surface area contributed by atoms with E-state index in [1.54, 1.807) is 0 Å². The molecule has 0 atom stereocenters. The normalized spacial score (nSPS) is 10.8. The van der Waals surface area contributed by atoms with Crippen LogP contribution in [0.5, 0.6) is 0 Å². The van der Waals surface area contributed by atoms with Crippen LogP contribution in [-0.2, 0) is 11.3 Å².